The van der Waals surface area contributed by atoms with Crippen LogP contribution in [-0.4, -0.2) is 25.7 Å². The van der Waals surface area contributed by atoms with E-state index in [1.54, 1.807) is 7.11 Å². The van der Waals surface area contributed by atoms with E-state index >= 15 is 0 Å². The molecule has 166 valence electrons. The number of fused-ring (bicyclic) bond motifs is 1. The van der Waals surface area contributed by atoms with E-state index in [9.17, 15) is 0 Å². The predicted octanol–water partition coefficient (Wildman–Crippen LogP) is 5.69. The first-order valence-corrected chi connectivity index (χ1v) is 11.3. The molecular formula is C28H32N2O2. The summed E-state index contributed by atoms with van der Waals surface area (Å²) in [6, 6.07) is 23.1. The Kier molecular flexibility index (Phi) is 7.47. The van der Waals surface area contributed by atoms with Gasteiger partial charge in [-0.1, -0.05) is 48.5 Å². The van der Waals surface area contributed by atoms with Gasteiger partial charge in [-0.25, -0.2) is 0 Å². The van der Waals surface area contributed by atoms with Crippen LogP contribution >= 0.6 is 0 Å². The van der Waals surface area contributed by atoms with Crippen molar-refractivity contribution in [2.75, 3.05) is 20.7 Å². The molecule has 4 aromatic rings. The van der Waals surface area contributed by atoms with E-state index in [2.05, 4.69) is 65.0 Å². The number of ether oxygens (including phenoxy) is 2. The average molecular weight is 429 g/mol. The van der Waals surface area contributed by atoms with Crippen molar-refractivity contribution < 1.29 is 9.47 Å². The molecule has 0 aliphatic heterocycles. The minimum Gasteiger partial charge on any atom is -0.493 e. The van der Waals surface area contributed by atoms with Gasteiger partial charge in [-0.2, -0.15) is 0 Å². The molecule has 2 N–H and O–H groups in total. The van der Waals surface area contributed by atoms with Gasteiger partial charge in [0.1, 0.15) is 6.61 Å². The summed E-state index contributed by atoms with van der Waals surface area (Å²) < 4.78 is 11.8. The van der Waals surface area contributed by atoms with Crippen LogP contribution in [0.15, 0.2) is 72.9 Å². The number of hydrogen-bond acceptors (Lipinski definition) is 3. The highest BCUT2D eigenvalue weighted by molar-refractivity contribution is 5.83. The average Bonchev–Trinajstić information content (AvgIpc) is 3.25. The van der Waals surface area contributed by atoms with Crippen LogP contribution in [0.3, 0.4) is 0 Å². The molecule has 4 heteroatoms. The second-order valence-corrected chi connectivity index (χ2v) is 8.11. The molecule has 0 saturated carbocycles. The molecule has 4 rings (SSSR count). The second-order valence-electron chi connectivity index (χ2n) is 8.11. The Balaban J connectivity index is 1.51. The van der Waals surface area contributed by atoms with Crippen molar-refractivity contribution in [2.45, 2.75) is 32.3 Å². The molecule has 1 heterocycles. The topological polar surface area (TPSA) is 46.3 Å². The Morgan fingerprint density at radius 3 is 2.34 bits per heavy atom. The molecule has 0 aliphatic rings. The maximum absolute atomic E-state index is 6.18. The summed E-state index contributed by atoms with van der Waals surface area (Å²) >= 11 is 0. The third-order valence-corrected chi connectivity index (χ3v) is 5.93. The van der Waals surface area contributed by atoms with Gasteiger partial charge < -0.3 is 19.8 Å². The molecule has 0 saturated heterocycles. The van der Waals surface area contributed by atoms with Gasteiger partial charge >= 0.3 is 0 Å². The Bertz CT molecular complexity index is 1130. The Morgan fingerprint density at radius 2 is 1.53 bits per heavy atom. The van der Waals surface area contributed by atoms with Crippen LogP contribution in [0.25, 0.3) is 10.9 Å². The molecule has 0 atom stereocenters. The zero-order chi connectivity index (χ0) is 22.2. The van der Waals surface area contributed by atoms with Gasteiger partial charge in [0.15, 0.2) is 11.5 Å². The Morgan fingerprint density at radius 1 is 0.812 bits per heavy atom. The zero-order valence-corrected chi connectivity index (χ0v) is 19.0. The lowest BCUT2D eigenvalue weighted by atomic mass is 9.97. The normalized spacial score (nSPS) is 11.1. The first-order chi connectivity index (χ1) is 15.8. The summed E-state index contributed by atoms with van der Waals surface area (Å²) in [6.07, 6.45) is 6.24. The molecule has 4 nitrogen and oxygen atoms in total. The summed E-state index contributed by atoms with van der Waals surface area (Å²) in [7, 11) is 3.70. The van der Waals surface area contributed by atoms with Crippen LogP contribution in [-0.2, 0) is 25.9 Å². The number of rotatable bonds is 11. The fourth-order valence-corrected chi connectivity index (χ4v) is 4.18. The molecule has 3 aromatic carbocycles. The Labute approximate surface area is 190 Å². The van der Waals surface area contributed by atoms with Gasteiger partial charge in [0.2, 0.25) is 0 Å². The highest BCUT2D eigenvalue weighted by Gasteiger charge is 2.13. The lowest BCUT2D eigenvalue weighted by molar-refractivity contribution is 0.284. The number of H-pyrrole nitrogens is 1. The van der Waals surface area contributed by atoms with E-state index in [0.717, 1.165) is 49.3 Å². The van der Waals surface area contributed by atoms with Crippen LogP contribution in [0.4, 0.5) is 0 Å². The van der Waals surface area contributed by atoms with E-state index < -0.39 is 0 Å². The summed E-state index contributed by atoms with van der Waals surface area (Å²) in [6.45, 7) is 1.46. The van der Waals surface area contributed by atoms with Gasteiger partial charge in [0.05, 0.1) is 7.11 Å². The smallest absolute Gasteiger partial charge is 0.161 e. The standard InChI is InChI=1S/C28H32N2O2/c1-29-16-15-23-17-27(31-2)28(32-20-21-9-4-3-5-10-21)18-22(23)11-8-12-24-19-30-26-14-7-6-13-25(24)26/h3-7,9-10,13-14,17-19,29-30H,8,11-12,15-16,20H2,1-2H3. The van der Waals surface area contributed by atoms with E-state index in [1.165, 1.54) is 27.6 Å². The van der Waals surface area contributed by atoms with Gasteiger partial charge in [0, 0.05) is 17.1 Å². The van der Waals surface area contributed by atoms with Gasteiger partial charge in [-0.05, 0) is 79.7 Å². The van der Waals surface area contributed by atoms with Crippen molar-refractivity contribution in [3.05, 3.63) is 95.2 Å². The second kappa shape index (κ2) is 10.9. The van der Waals surface area contributed by atoms with Gasteiger partial charge in [0.25, 0.3) is 0 Å². The molecule has 32 heavy (non-hydrogen) atoms. The quantitative estimate of drug-likeness (QED) is 0.322. The lowest BCUT2D eigenvalue weighted by Gasteiger charge is -2.17. The van der Waals surface area contributed by atoms with Crippen molar-refractivity contribution in [3.8, 4) is 11.5 Å². The van der Waals surface area contributed by atoms with Gasteiger partial charge in [-0.15, -0.1) is 0 Å². The van der Waals surface area contributed by atoms with Crippen LogP contribution in [0.1, 0.15) is 28.7 Å². The molecule has 0 bridgehead atoms. The lowest BCUT2D eigenvalue weighted by Crippen LogP contribution is -2.12. The van der Waals surface area contributed by atoms with Crippen LogP contribution < -0.4 is 14.8 Å². The van der Waals surface area contributed by atoms with E-state index in [4.69, 9.17) is 9.47 Å². The fraction of sp³-hybridized carbons (Fsp3) is 0.286. The molecule has 0 aliphatic carbocycles. The van der Waals surface area contributed by atoms with Crippen LogP contribution in [0.2, 0.25) is 0 Å². The third-order valence-electron chi connectivity index (χ3n) is 5.93. The van der Waals surface area contributed by atoms with Gasteiger partial charge in [-0.3, -0.25) is 0 Å². The SMILES string of the molecule is CNCCc1cc(OC)c(OCc2ccccc2)cc1CCCc1c[nH]c2ccccc12. The van der Waals surface area contributed by atoms with Crippen molar-refractivity contribution in [1.82, 2.24) is 10.3 Å². The Hall–Kier alpha value is -3.24. The first kappa shape index (κ1) is 22.0. The number of methoxy groups -OCH3 is 1. The van der Waals surface area contributed by atoms with Crippen LogP contribution in [0.5, 0.6) is 11.5 Å². The third kappa shape index (κ3) is 5.32. The maximum atomic E-state index is 6.18. The highest BCUT2D eigenvalue weighted by atomic mass is 16.5. The maximum Gasteiger partial charge on any atom is 0.161 e. The number of nitrogens with one attached hydrogen (secondary N) is 2. The number of benzene rings is 3. The van der Waals surface area contributed by atoms with E-state index in [0.29, 0.717) is 6.61 Å². The summed E-state index contributed by atoms with van der Waals surface area (Å²) in [5.41, 5.74) is 6.39. The number of aromatic nitrogens is 1. The minimum atomic E-state index is 0.530. The molecular weight excluding hydrogens is 396 g/mol. The van der Waals surface area contributed by atoms with Crippen molar-refractivity contribution in [1.29, 1.82) is 0 Å². The van der Waals surface area contributed by atoms with E-state index in [-0.39, 0.29) is 0 Å². The molecule has 1 aromatic heterocycles. The van der Waals surface area contributed by atoms with Crippen molar-refractivity contribution in [3.63, 3.8) is 0 Å². The highest BCUT2D eigenvalue weighted by Crippen LogP contribution is 2.33. The largest absolute Gasteiger partial charge is 0.493 e. The summed E-state index contributed by atoms with van der Waals surface area (Å²) in [5, 5.41) is 4.59. The predicted molar refractivity (Wildman–Crippen MR) is 132 cm³/mol. The number of aromatic amines is 1. The fourth-order valence-electron chi connectivity index (χ4n) is 4.18. The number of likely N-dealkylation sites (N-methyl/N-ethyl adjacent to an activating group) is 1. The van der Waals surface area contributed by atoms with Crippen molar-refractivity contribution >= 4 is 10.9 Å². The minimum absolute atomic E-state index is 0.530. The molecule has 0 radical (unpaired) electrons. The monoisotopic (exact) mass is 428 g/mol. The number of para-hydroxylation sites is 1. The number of hydrogen-bond donors (Lipinski definition) is 2. The number of aryl methyl sites for hydroxylation is 2. The van der Waals surface area contributed by atoms with Crippen molar-refractivity contribution in [2.24, 2.45) is 0 Å². The summed E-state index contributed by atoms with van der Waals surface area (Å²) in [5.74, 6) is 1.61. The van der Waals surface area contributed by atoms with Crippen LogP contribution in [0, 0.1) is 0 Å². The summed E-state index contributed by atoms with van der Waals surface area (Å²) in [4.78, 5) is 3.39. The zero-order valence-electron chi connectivity index (χ0n) is 19.0. The van der Waals surface area contributed by atoms with E-state index in [1.807, 2.05) is 25.2 Å². The molecule has 0 unspecified atom stereocenters. The molecule has 0 fully saturated rings. The molecule has 0 amide bonds. The molecule has 0 spiro atoms. The first-order valence-electron chi connectivity index (χ1n) is 11.3.